The van der Waals surface area contributed by atoms with Crippen molar-refractivity contribution in [3.63, 3.8) is 0 Å². The van der Waals surface area contributed by atoms with Gasteiger partial charge in [0.2, 0.25) is 0 Å². The fourth-order valence-electron chi connectivity index (χ4n) is 2.38. The zero-order valence-electron chi connectivity index (χ0n) is 12.3. The van der Waals surface area contributed by atoms with E-state index >= 15 is 0 Å². The average molecular weight is 356 g/mol. The predicted molar refractivity (Wildman–Crippen MR) is 89.4 cm³/mol. The van der Waals surface area contributed by atoms with Crippen molar-refractivity contribution in [2.45, 2.75) is 46.2 Å². The van der Waals surface area contributed by atoms with E-state index in [0.717, 1.165) is 31.6 Å². The van der Waals surface area contributed by atoms with Gasteiger partial charge in [0.15, 0.2) is 0 Å². The third-order valence-electron chi connectivity index (χ3n) is 3.33. The van der Waals surface area contributed by atoms with Gasteiger partial charge in [0, 0.05) is 24.7 Å². The molecule has 1 N–H and O–H groups in total. The molecule has 0 aliphatic rings. The number of rotatable bonds is 7. The lowest BCUT2D eigenvalue weighted by molar-refractivity contribution is 0.503. The van der Waals surface area contributed by atoms with Crippen molar-refractivity contribution in [2.24, 2.45) is 0 Å². The van der Waals surface area contributed by atoms with Crippen LogP contribution >= 0.6 is 27.3 Å². The molecule has 110 valence electrons. The Hall–Kier alpha value is -0.650. The molecule has 2 aromatic heterocycles. The number of aryl methyl sites for hydroxylation is 2. The fraction of sp³-hybridized carbons (Fsp3) is 0.533. The first-order chi connectivity index (χ1) is 9.63. The predicted octanol–water partition coefficient (Wildman–Crippen LogP) is 4.32. The zero-order valence-corrected chi connectivity index (χ0v) is 14.7. The van der Waals surface area contributed by atoms with E-state index in [-0.39, 0.29) is 0 Å². The van der Waals surface area contributed by atoms with Gasteiger partial charge in [-0.05, 0) is 65.8 Å². The van der Waals surface area contributed by atoms with Gasteiger partial charge in [0.05, 0.1) is 9.48 Å². The maximum absolute atomic E-state index is 4.54. The normalized spacial score (nSPS) is 12.8. The summed E-state index contributed by atoms with van der Waals surface area (Å²) in [5.41, 5.74) is 3.76. The molecule has 2 heterocycles. The molecule has 3 nitrogen and oxygen atoms in total. The van der Waals surface area contributed by atoms with E-state index in [1.54, 1.807) is 11.3 Å². The smallest absolute Gasteiger partial charge is 0.0701 e. The number of nitrogens with one attached hydrogen (secondary N) is 1. The lowest BCUT2D eigenvalue weighted by Gasteiger charge is -2.18. The van der Waals surface area contributed by atoms with Gasteiger partial charge in [-0.25, -0.2) is 0 Å². The van der Waals surface area contributed by atoms with Crippen LogP contribution in [0, 0.1) is 6.92 Å². The zero-order chi connectivity index (χ0) is 14.5. The Kier molecular flexibility index (Phi) is 5.81. The van der Waals surface area contributed by atoms with E-state index in [1.165, 1.54) is 15.0 Å². The summed E-state index contributed by atoms with van der Waals surface area (Å²) in [6, 6.07) is 4.78. The maximum atomic E-state index is 4.54. The Morgan fingerprint density at radius 2 is 2.20 bits per heavy atom. The first kappa shape index (κ1) is 15.7. The molecule has 20 heavy (non-hydrogen) atoms. The molecule has 0 bridgehead atoms. The van der Waals surface area contributed by atoms with Crippen molar-refractivity contribution >= 4 is 27.3 Å². The summed E-state index contributed by atoms with van der Waals surface area (Å²) in [6.07, 6.45) is 2.13. The number of hydrogen-bond acceptors (Lipinski definition) is 3. The highest BCUT2D eigenvalue weighted by Crippen LogP contribution is 2.27. The Labute approximate surface area is 133 Å². The molecule has 1 unspecified atom stereocenters. The lowest BCUT2D eigenvalue weighted by atomic mass is 10.0. The van der Waals surface area contributed by atoms with Crippen LogP contribution in [0.3, 0.4) is 0 Å². The van der Waals surface area contributed by atoms with Crippen LogP contribution in [0.1, 0.15) is 43.3 Å². The van der Waals surface area contributed by atoms with Gasteiger partial charge < -0.3 is 5.32 Å². The molecule has 2 aromatic rings. The second-order valence-electron chi connectivity index (χ2n) is 4.99. The molecule has 0 amide bonds. The highest BCUT2D eigenvalue weighted by Gasteiger charge is 2.16. The van der Waals surface area contributed by atoms with Crippen LogP contribution in [0.2, 0.25) is 0 Å². The molecule has 0 radical (unpaired) electrons. The quantitative estimate of drug-likeness (QED) is 0.801. The van der Waals surface area contributed by atoms with Crippen LogP contribution < -0.4 is 5.32 Å². The van der Waals surface area contributed by atoms with Crippen LogP contribution in [0.15, 0.2) is 21.3 Å². The van der Waals surface area contributed by atoms with Crippen LogP contribution in [-0.2, 0) is 13.0 Å². The molecule has 5 heteroatoms. The number of thiophene rings is 1. The van der Waals surface area contributed by atoms with Gasteiger partial charge in [-0.1, -0.05) is 6.92 Å². The highest BCUT2D eigenvalue weighted by molar-refractivity contribution is 9.11. The largest absolute Gasteiger partial charge is 0.310 e. The molecule has 0 spiro atoms. The van der Waals surface area contributed by atoms with E-state index < -0.39 is 0 Å². The summed E-state index contributed by atoms with van der Waals surface area (Å²) >= 11 is 5.31. The van der Waals surface area contributed by atoms with Gasteiger partial charge in [-0.15, -0.1) is 11.3 Å². The van der Waals surface area contributed by atoms with Gasteiger partial charge in [0.25, 0.3) is 0 Å². The monoisotopic (exact) mass is 355 g/mol. The van der Waals surface area contributed by atoms with Crippen LogP contribution in [0.5, 0.6) is 0 Å². The first-order valence-electron chi connectivity index (χ1n) is 7.14. The molecule has 2 rings (SSSR count). The summed E-state index contributed by atoms with van der Waals surface area (Å²) in [7, 11) is 0. The minimum atomic E-state index is 0.360. The van der Waals surface area contributed by atoms with Crippen molar-refractivity contribution < 1.29 is 0 Å². The minimum absolute atomic E-state index is 0.360. The molecule has 0 aliphatic carbocycles. The van der Waals surface area contributed by atoms with E-state index in [9.17, 15) is 0 Å². The van der Waals surface area contributed by atoms with Gasteiger partial charge in [-0.2, -0.15) is 5.10 Å². The Morgan fingerprint density at radius 3 is 2.80 bits per heavy atom. The van der Waals surface area contributed by atoms with E-state index in [1.807, 2.05) is 0 Å². The molecule has 0 saturated carbocycles. The first-order valence-corrected chi connectivity index (χ1v) is 8.82. The fourth-order valence-corrected chi connectivity index (χ4v) is 3.61. The van der Waals surface area contributed by atoms with Gasteiger partial charge in [0.1, 0.15) is 0 Å². The SMILES string of the molecule is CCCNC(Cc1cc(C)nn1CC)c1csc(Br)c1. The second-order valence-corrected chi connectivity index (χ2v) is 7.28. The average Bonchev–Trinajstić information content (AvgIpc) is 3.00. The van der Waals surface area contributed by atoms with E-state index in [4.69, 9.17) is 0 Å². The third kappa shape index (κ3) is 3.93. The van der Waals surface area contributed by atoms with Crippen molar-refractivity contribution in [1.82, 2.24) is 15.1 Å². The number of halogens is 1. The lowest BCUT2D eigenvalue weighted by Crippen LogP contribution is -2.24. The third-order valence-corrected chi connectivity index (χ3v) is 4.85. The van der Waals surface area contributed by atoms with Gasteiger partial charge >= 0.3 is 0 Å². The number of nitrogens with zero attached hydrogens (tertiary/aromatic N) is 2. The van der Waals surface area contributed by atoms with Crippen molar-refractivity contribution in [3.05, 3.63) is 38.3 Å². The molecule has 0 saturated heterocycles. The van der Waals surface area contributed by atoms with Crippen molar-refractivity contribution in [1.29, 1.82) is 0 Å². The van der Waals surface area contributed by atoms with E-state index in [2.05, 4.69) is 69.3 Å². The summed E-state index contributed by atoms with van der Waals surface area (Å²) in [5, 5.41) is 10.4. The Balaban J connectivity index is 2.18. The van der Waals surface area contributed by atoms with Crippen molar-refractivity contribution in [3.8, 4) is 0 Å². The van der Waals surface area contributed by atoms with Gasteiger partial charge in [-0.3, -0.25) is 4.68 Å². The minimum Gasteiger partial charge on any atom is -0.310 e. The highest BCUT2D eigenvalue weighted by atomic mass is 79.9. The molecule has 0 fully saturated rings. The van der Waals surface area contributed by atoms with Crippen LogP contribution in [0.25, 0.3) is 0 Å². The summed E-state index contributed by atoms with van der Waals surface area (Å²) < 4.78 is 3.30. The maximum Gasteiger partial charge on any atom is 0.0701 e. The van der Waals surface area contributed by atoms with Crippen LogP contribution in [0.4, 0.5) is 0 Å². The summed E-state index contributed by atoms with van der Waals surface area (Å²) in [4.78, 5) is 0. The second kappa shape index (κ2) is 7.38. The number of aromatic nitrogens is 2. The molecule has 0 aliphatic heterocycles. The summed E-state index contributed by atoms with van der Waals surface area (Å²) in [5.74, 6) is 0. The van der Waals surface area contributed by atoms with Crippen LogP contribution in [-0.4, -0.2) is 16.3 Å². The molecule has 0 aromatic carbocycles. The standard InChI is InChI=1S/C15H22BrN3S/c1-4-6-17-14(12-8-15(16)20-10-12)9-13-7-11(3)18-19(13)5-2/h7-8,10,14,17H,4-6,9H2,1-3H3. The van der Waals surface area contributed by atoms with E-state index in [0.29, 0.717) is 6.04 Å². The molecular weight excluding hydrogens is 334 g/mol. The van der Waals surface area contributed by atoms with Crippen molar-refractivity contribution in [2.75, 3.05) is 6.54 Å². The number of hydrogen-bond donors (Lipinski definition) is 1. The summed E-state index contributed by atoms with van der Waals surface area (Å²) in [6.45, 7) is 8.37. The Bertz CT molecular complexity index is 547. The topological polar surface area (TPSA) is 29.9 Å². The molecular formula is C15H22BrN3S. The molecule has 1 atom stereocenters. The Morgan fingerprint density at radius 1 is 1.40 bits per heavy atom.